The third kappa shape index (κ3) is 3.83. The smallest absolute Gasteiger partial charge is 0.228 e. The van der Waals surface area contributed by atoms with Crippen molar-refractivity contribution in [2.24, 2.45) is 5.73 Å². The highest BCUT2D eigenvalue weighted by molar-refractivity contribution is 5.93. The number of rotatable bonds is 5. The van der Waals surface area contributed by atoms with Crippen LogP contribution in [-0.4, -0.2) is 42.2 Å². The third-order valence-electron chi connectivity index (χ3n) is 4.46. The standard InChI is InChI=1S/C20H20N4O3/c21-18(25)13-14-5-6-17(16-4-2-1-3-15(14)16)27-19-7-8-22-20(23-19)24-9-11-26-12-10-24/h1-8H,9-13H2,(H2,21,25). The minimum Gasteiger partial charge on any atom is -0.438 e. The Morgan fingerprint density at radius 2 is 1.89 bits per heavy atom. The number of morpholine rings is 1. The highest BCUT2D eigenvalue weighted by Gasteiger charge is 2.15. The summed E-state index contributed by atoms with van der Waals surface area (Å²) < 4.78 is 11.4. The molecule has 1 aromatic heterocycles. The summed E-state index contributed by atoms with van der Waals surface area (Å²) in [6.07, 6.45) is 1.88. The largest absolute Gasteiger partial charge is 0.438 e. The maximum Gasteiger partial charge on any atom is 0.228 e. The van der Waals surface area contributed by atoms with Crippen molar-refractivity contribution in [3.63, 3.8) is 0 Å². The Labute approximate surface area is 156 Å². The lowest BCUT2D eigenvalue weighted by atomic mass is 10.0. The highest BCUT2D eigenvalue weighted by Crippen LogP contribution is 2.32. The van der Waals surface area contributed by atoms with Crippen LogP contribution in [0.4, 0.5) is 5.95 Å². The average molecular weight is 364 g/mol. The van der Waals surface area contributed by atoms with Gasteiger partial charge in [-0.1, -0.05) is 30.3 Å². The van der Waals surface area contributed by atoms with Crippen LogP contribution in [0.1, 0.15) is 5.56 Å². The molecule has 2 aromatic carbocycles. The lowest BCUT2D eigenvalue weighted by molar-refractivity contribution is -0.117. The van der Waals surface area contributed by atoms with E-state index in [0.29, 0.717) is 30.8 Å². The van der Waals surface area contributed by atoms with Gasteiger partial charge in [0.25, 0.3) is 0 Å². The summed E-state index contributed by atoms with van der Waals surface area (Å²) in [5.74, 6) is 1.41. The molecule has 2 N–H and O–H groups in total. The summed E-state index contributed by atoms with van der Waals surface area (Å²) in [5.41, 5.74) is 6.24. The molecule has 1 saturated heterocycles. The van der Waals surface area contributed by atoms with Crippen LogP contribution in [0.25, 0.3) is 10.8 Å². The van der Waals surface area contributed by atoms with Gasteiger partial charge in [0.15, 0.2) is 0 Å². The summed E-state index contributed by atoms with van der Waals surface area (Å²) in [4.78, 5) is 22.3. The molecule has 2 heterocycles. The van der Waals surface area contributed by atoms with E-state index in [1.165, 1.54) is 0 Å². The van der Waals surface area contributed by atoms with Crippen LogP contribution in [0.5, 0.6) is 11.6 Å². The summed E-state index contributed by atoms with van der Waals surface area (Å²) in [5, 5.41) is 1.85. The van der Waals surface area contributed by atoms with E-state index in [-0.39, 0.29) is 12.3 Å². The van der Waals surface area contributed by atoms with Gasteiger partial charge in [-0.2, -0.15) is 4.98 Å². The number of fused-ring (bicyclic) bond motifs is 1. The van der Waals surface area contributed by atoms with Crippen LogP contribution in [-0.2, 0) is 16.0 Å². The van der Waals surface area contributed by atoms with Crippen molar-refractivity contribution >= 4 is 22.6 Å². The van der Waals surface area contributed by atoms with Crippen LogP contribution in [0, 0.1) is 0 Å². The first-order valence-corrected chi connectivity index (χ1v) is 8.83. The molecule has 1 aliphatic rings. The molecular weight excluding hydrogens is 344 g/mol. The molecule has 0 unspecified atom stereocenters. The number of amides is 1. The number of nitrogens with two attached hydrogens (primary N) is 1. The van der Waals surface area contributed by atoms with Gasteiger partial charge in [0.05, 0.1) is 19.6 Å². The first-order valence-electron chi connectivity index (χ1n) is 8.83. The molecule has 0 atom stereocenters. The Kier molecular flexibility index (Phi) is 4.84. The molecule has 0 saturated carbocycles. The van der Waals surface area contributed by atoms with Gasteiger partial charge in [-0.3, -0.25) is 4.79 Å². The number of hydrogen-bond acceptors (Lipinski definition) is 6. The summed E-state index contributed by atoms with van der Waals surface area (Å²) >= 11 is 0. The zero-order valence-electron chi connectivity index (χ0n) is 14.8. The fraction of sp³-hybridized carbons (Fsp3) is 0.250. The average Bonchev–Trinajstić information content (AvgIpc) is 2.70. The number of benzene rings is 2. The van der Waals surface area contributed by atoms with Gasteiger partial charge in [-0.15, -0.1) is 0 Å². The molecule has 27 heavy (non-hydrogen) atoms. The molecule has 0 spiro atoms. The summed E-state index contributed by atoms with van der Waals surface area (Å²) in [7, 11) is 0. The molecule has 1 aliphatic heterocycles. The first-order chi connectivity index (χ1) is 13.2. The molecular formula is C20H20N4O3. The van der Waals surface area contributed by atoms with E-state index in [4.69, 9.17) is 15.2 Å². The van der Waals surface area contributed by atoms with Crippen molar-refractivity contribution in [1.82, 2.24) is 9.97 Å². The molecule has 3 aromatic rings. The van der Waals surface area contributed by atoms with E-state index >= 15 is 0 Å². The Bertz CT molecular complexity index is 970. The van der Waals surface area contributed by atoms with E-state index in [9.17, 15) is 4.79 Å². The Balaban J connectivity index is 1.65. The number of carbonyl (C=O) groups excluding carboxylic acids is 1. The highest BCUT2D eigenvalue weighted by atomic mass is 16.5. The van der Waals surface area contributed by atoms with Gasteiger partial charge in [0.1, 0.15) is 5.75 Å². The van der Waals surface area contributed by atoms with Crippen LogP contribution in [0.3, 0.4) is 0 Å². The van der Waals surface area contributed by atoms with Crippen LogP contribution < -0.4 is 15.4 Å². The molecule has 7 nitrogen and oxygen atoms in total. The van der Waals surface area contributed by atoms with Gasteiger partial charge in [0, 0.05) is 30.7 Å². The minimum absolute atomic E-state index is 0.190. The van der Waals surface area contributed by atoms with E-state index < -0.39 is 0 Å². The molecule has 1 amide bonds. The number of nitrogens with zero attached hydrogens (tertiary/aromatic N) is 3. The second-order valence-corrected chi connectivity index (χ2v) is 6.31. The molecule has 0 radical (unpaired) electrons. The molecule has 0 aliphatic carbocycles. The van der Waals surface area contributed by atoms with E-state index in [0.717, 1.165) is 29.4 Å². The van der Waals surface area contributed by atoms with Crippen molar-refractivity contribution in [1.29, 1.82) is 0 Å². The van der Waals surface area contributed by atoms with E-state index in [1.807, 2.05) is 36.4 Å². The van der Waals surface area contributed by atoms with Crippen LogP contribution >= 0.6 is 0 Å². The Morgan fingerprint density at radius 1 is 1.11 bits per heavy atom. The first kappa shape index (κ1) is 17.2. The summed E-state index contributed by atoms with van der Waals surface area (Å²) in [6, 6.07) is 13.2. The SMILES string of the molecule is NC(=O)Cc1ccc(Oc2ccnc(N3CCOCC3)n2)c2ccccc12. The Hall–Kier alpha value is -3.19. The van der Waals surface area contributed by atoms with Crippen molar-refractivity contribution in [2.75, 3.05) is 31.2 Å². The van der Waals surface area contributed by atoms with Crippen molar-refractivity contribution in [3.05, 3.63) is 54.2 Å². The third-order valence-corrected chi connectivity index (χ3v) is 4.46. The quantitative estimate of drug-likeness (QED) is 0.747. The normalized spacial score (nSPS) is 14.3. The lowest BCUT2D eigenvalue weighted by Gasteiger charge is -2.26. The number of primary amides is 1. The number of ether oxygens (including phenoxy) is 2. The monoisotopic (exact) mass is 364 g/mol. The maximum absolute atomic E-state index is 11.3. The maximum atomic E-state index is 11.3. The second kappa shape index (κ2) is 7.59. The predicted molar refractivity (Wildman–Crippen MR) is 102 cm³/mol. The fourth-order valence-corrected chi connectivity index (χ4v) is 3.18. The number of carbonyl (C=O) groups is 1. The molecule has 1 fully saturated rings. The van der Waals surface area contributed by atoms with Crippen LogP contribution in [0.15, 0.2) is 48.7 Å². The summed E-state index contributed by atoms with van der Waals surface area (Å²) in [6.45, 7) is 2.85. The van der Waals surface area contributed by atoms with E-state index in [1.54, 1.807) is 12.3 Å². The zero-order chi connectivity index (χ0) is 18.6. The number of aromatic nitrogens is 2. The van der Waals surface area contributed by atoms with Crippen molar-refractivity contribution in [3.8, 4) is 11.6 Å². The molecule has 4 rings (SSSR count). The number of anilines is 1. The lowest BCUT2D eigenvalue weighted by Crippen LogP contribution is -2.37. The Morgan fingerprint density at radius 3 is 2.67 bits per heavy atom. The molecule has 138 valence electrons. The zero-order valence-corrected chi connectivity index (χ0v) is 14.8. The fourth-order valence-electron chi connectivity index (χ4n) is 3.18. The van der Waals surface area contributed by atoms with Gasteiger partial charge >= 0.3 is 0 Å². The van der Waals surface area contributed by atoms with Crippen molar-refractivity contribution < 1.29 is 14.3 Å². The van der Waals surface area contributed by atoms with Gasteiger partial charge < -0.3 is 20.1 Å². The topological polar surface area (TPSA) is 90.6 Å². The van der Waals surface area contributed by atoms with Gasteiger partial charge in [-0.05, 0) is 17.0 Å². The predicted octanol–water partition coefficient (Wildman–Crippen LogP) is 2.29. The molecule has 7 heteroatoms. The molecule has 0 bridgehead atoms. The second-order valence-electron chi connectivity index (χ2n) is 6.31. The van der Waals surface area contributed by atoms with Crippen LogP contribution in [0.2, 0.25) is 0 Å². The van der Waals surface area contributed by atoms with Crippen molar-refractivity contribution in [2.45, 2.75) is 6.42 Å². The van der Waals surface area contributed by atoms with Gasteiger partial charge in [-0.25, -0.2) is 4.98 Å². The van der Waals surface area contributed by atoms with E-state index in [2.05, 4.69) is 14.9 Å². The minimum atomic E-state index is -0.361. The van der Waals surface area contributed by atoms with Gasteiger partial charge in [0.2, 0.25) is 17.7 Å². The number of hydrogen-bond donors (Lipinski definition) is 1.